The summed E-state index contributed by atoms with van der Waals surface area (Å²) >= 11 is 3.47. The minimum atomic E-state index is 0.170. The van der Waals surface area contributed by atoms with Gasteiger partial charge in [0.1, 0.15) is 0 Å². The van der Waals surface area contributed by atoms with Crippen molar-refractivity contribution in [1.82, 2.24) is 5.32 Å². The molecule has 0 aliphatic rings. The van der Waals surface area contributed by atoms with Crippen molar-refractivity contribution in [3.8, 4) is 0 Å². The SMILES string of the molecule is CCNCc1ccc(Br)cc1N(C)CCO. The molecule has 0 aromatic heterocycles. The molecule has 0 saturated heterocycles. The summed E-state index contributed by atoms with van der Waals surface area (Å²) in [5.41, 5.74) is 2.41. The van der Waals surface area contributed by atoms with Gasteiger partial charge in [-0.3, -0.25) is 0 Å². The van der Waals surface area contributed by atoms with Crippen LogP contribution in [0.15, 0.2) is 22.7 Å². The Kier molecular flexibility index (Phi) is 5.80. The number of benzene rings is 1. The van der Waals surface area contributed by atoms with Crippen LogP contribution < -0.4 is 10.2 Å². The summed E-state index contributed by atoms with van der Waals surface area (Å²) in [6.07, 6.45) is 0. The zero-order chi connectivity index (χ0) is 12.0. The summed E-state index contributed by atoms with van der Waals surface area (Å²) in [5.74, 6) is 0. The van der Waals surface area contributed by atoms with Crippen LogP contribution in [0.3, 0.4) is 0 Å². The molecule has 0 amide bonds. The van der Waals surface area contributed by atoms with Gasteiger partial charge in [-0.1, -0.05) is 28.9 Å². The zero-order valence-corrected chi connectivity index (χ0v) is 11.4. The van der Waals surface area contributed by atoms with E-state index < -0.39 is 0 Å². The van der Waals surface area contributed by atoms with Gasteiger partial charge < -0.3 is 15.3 Å². The average molecular weight is 287 g/mol. The van der Waals surface area contributed by atoms with Crippen LogP contribution in [0, 0.1) is 0 Å². The van der Waals surface area contributed by atoms with Crippen molar-refractivity contribution in [2.75, 3.05) is 31.6 Å². The topological polar surface area (TPSA) is 35.5 Å². The molecule has 2 N–H and O–H groups in total. The van der Waals surface area contributed by atoms with Crippen LogP contribution in [-0.2, 0) is 6.54 Å². The van der Waals surface area contributed by atoms with Gasteiger partial charge >= 0.3 is 0 Å². The van der Waals surface area contributed by atoms with E-state index >= 15 is 0 Å². The molecule has 0 spiro atoms. The number of nitrogens with one attached hydrogen (secondary N) is 1. The van der Waals surface area contributed by atoms with Crippen LogP contribution in [-0.4, -0.2) is 31.9 Å². The molecule has 0 aliphatic carbocycles. The Labute approximate surface area is 106 Å². The van der Waals surface area contributed by atoms with Gasteiger partial charge in [-0.15, -0.1) is 0 Å². The fourth-order valence-electron chi connectivity index (χ4n) is 1.57. The molecule has 3 nitrogen and oxygen atoms in total. The van der Waals surface area contributed by atoms with Crippen molar-refractivity contribution in [2.45, 2.75) is 13.5 Å². The minimum absolute atomic E-state index is 0.170. The van der Waals surface area contributed by atoms with E-state index in [-0.39, 0.29) is 6.61 Å². The van der Waals surface area contributed by atoms with E-state index in [1.165, 1.54) is 5.56 Å². The molecular weight excluding hydrogens is 268 g/mol. The maximum Gasteiger partial charge on any atom is 0.0606 e. The Morgan fingerprint density at radius 1 is 1.44 bits per heavy atom. The summed E-state index contributed by atoms with van der Waals surface area (Å²) in [5, 5.41) is 12.3. The highest BCUT2D eigenvalue weighted by molar-refractivity contribution is 9.10. The molecule has 0 bridgehead atoms. The molecule has 0 unspecified atom stereocenters. The lowest BCUT2D eigenvalue weighted by molar-refractivity contribution is 0.304. The van der Waals surface area contributed by atoms with Gasteiger partial charge in [-0.2, -0.15) is 0 Å². The average Bonchev–Trinajstić information content (AvgIpc) is 2.27. The number of rotatable bonds is 6. The molecular formula is C12H19BrN2O. The van der Waals surface area contributed by atoms with Gasteiger partial charge in [0.05, 0.1) is 6.61 Å². The van der Waals surface area contributed by atoms with Gasteiger partial charge in [0, 0.05) is 30.3 Å². The first-order valence-corrected chi connectivity index (χ1v) is 6.29. The summed E-state index contributed by atoms with van der Waals surface area (Å²) in [4.78, 5) is 2.07. The lowest BCUT2D eigenvalue weighted by Gasteiger charge is -2.22. The molecule has 4 heteroatoms. The molecule has 0 aliphatic heterocycles. The monoisotopic (exact) mass is 286 g/mol. The Hall–Kier alpha value is -0.580. The van der Waals surface area contributed by atoms with E-state index in [1.807, 2.05) is 13.1 Å². The van der Waals surface area contributed by atoms with Gasteiger partial charge in [0.15, 0.2) is 0 Å². The molecule has 0 heterocycles. The Morgan fingerprint density at radius 3 is 2.81 bits per heavy atom. The first-order valence-electron chi connectivity index (χ1n) is 5.50. The van der Waals surface area contributed by atoms with E-state index in [0.29, 0.717) is 6.54 Å². The molecule has 0 atom stereocenters. The van der Waals surface area contributed by atoms with Crippen molar-refractivity contribution >= 4 is 21.6 Å². The maximum atomic E-state index is 8.97. The number of anilines is 1. The lowest BCUT2D eigenvalue weighted by Crippen LogP contribution is -2.24. The Balaban J connectivity index is 2.88. The van der Waals surface area contributed by atoms with Crippen molar-refractivity contribution in [3.05, 3.63) is 28.2 Å². The minimum Gasteiger partial charge on any atom is -0.395 e. The van der Waals surface area contributed by atoms with Crippen molar-refractivity contribution < 1.29 is 5.11 Å². The third kappa shape index (κ3) is 3.77. The van der Waals surface area contributed by atoms with Gasteiger partial charge in [0.2, 0.25) is 0 Å². The number of hydrogen-bond donors (Lipinski definition) is 2. The number of halogens is 1. The normalized spacial score (nSPS) is 10.5. The largest absolute Gasteiger partial charge is 0.395 e. The quantitative estimate of drug-likeness (QED) is 0.840. The van der Waals surface area contributed by atoms with Gasteiger partial charge in [-0.05, 0) is 24.2 Å². The van der Waals surface area contributed by atoms with Crippen LogP contribution in [0.4, 0.5) is 5.69 Å². The first kappa shape index (κ1) is 13.5. The van der Waals surface area contributed by atoms with Crippen molar-refractivity contribution in [2.24, 2.45) is 0 Å². The van der Waals surface area contributed by atoms with E-state index in [9.17, 15) is 0 Å². The van der Waals surface area contributed by atoms with E-state index in [2.05, 4.69) is 45.2 Å². The smallest absolute Gasteiger partial charge is 0.0606 e. The summed E-state index contributed by atoms with van der Waals surface area (Å²) < 4.78 is 1.06. The van der Waals surface area contributed by atoms with Crippen LogP contribution in [0.1, 0.15) is 12.5 Å². The first-order chi connectivity index (χ1) is 7.69. The molecule has 0 saturated carbocycles. The second kappa shape index (κ2) is 6.89. The second-order valence-electron chi connectivity index (χ2n) is 3.70. The number of nitrogens with zero attached hydrogens (tertiary/aromatic N) is 1. The molecule has 16 heavy (non-hydrogen) atoms. The van der Waals surface area contributed by atoms with Gasteiger partial charge in [0.25, 0.3) is 0 Å². The van der Waals surface area contributed by atoms with Crippen molar-refractivity contribution in [3.63, 3.8) is 0 Å². The highest BCUT2D eigenvalue weighted by atomic mass is 79.9. The molecule has 0 radical (unpaired) electrons. The molecule has 1 aromatic carbocycles. The molecule has 1 aromatic rings. The third-order valence-corrected chi connectivity index (χ3v) is 2.95. The number of hydrogen-bond acceptors (Lipinski definition) is 3. The lowest BCUT2D eigenvalue weighted by atomic mass is 10.1. The van der Waals surface area contributed by atoms with Crippen LogP contribution in [0.25, 0.3) is 0 Å². The zero-order valence-electron chi connectivity index (χ0n) is 9.83. The standard InChI is InChI=1S/C12H19BrN2O/c1-3-14-9-10-4-5-11(13)8-12(10)15(2)6-7-16/h4-5,8,14,16H,3,6-7,9H2,1-2H3. The predicted octanol–water partition coefficient (Wildman–Crippen LogP) is 1.99. The third-order valence-electron chi connectivity index (χ3n) is 2.46. The fraction of sp³-hybridized carbons (Fsp3) is 0.500. The second-order valence-corrected chi connectivity index (χ2v) is 4.61. The van der Waals surface area contributed by atoms with Gasteiger partial charge in [-0.25, -0.2) is 0 Å². The molecule has 0 fully saturated rings. The Morgan fingerprint density at radius 2 is 2.19 bits per heavy atom. The summed E-state index contributed by atoms with van der Waals surface area (Å²) in [6, 6.07) is 6.24. The molecule has 90 valence electrons. The van der Waals surface area contributed by atoms with E-state index in [1.54, 1.807) is 0 Å². The maximum absolute atomic E-state index is 8.97. The van der Waals surface area contributed by atoms with E-state index in [4.69, 9.17) is 5.11 Å². The summed E-state index contributed by atoms with van der Waals surface area (Å²) in [7, 11) is 1.99. The molecule has 1 rings (SSSR count). The van der Waals surface area contributed by atoms with Crippen LogP contribution in [0.5, 0.6) is 0 Å². The van der Waals surface area contributed by atoms with Crippen molar-refractivity contribution in [1.29, 1.82) is 0 Å². The Bertz CT molecular complexity index is 331. The van der Waals surface area contributed by atoms with Crippen LogP contribution >= 0.6 is 15.9 Å². The van der Waals surface area contributed by atoms with Crippen LogP contribution in [0.2, 0.25) is 0 Å². The number of aliphatic hydroxyl groups excluding tert-OH is 1. The number of likely N-dealkylation sites (N-methyl/N-ethyl adjacent to an activating group) is 1. The fourth-order valence-corrected chi connectivity index (χ4v) is 1.92. The van der Waals surface area contributed by atoms with E-state index in [0.717, 1.165) is 23.2 Å². The predicted molar refractivity (Wildman–Crippen MR) is 71.9 cm³/mol. The highest BCUT2D eigenvalue weighted by Gasteiger charge is 2.07. The number of aliphatic hydroxyl groups is 1. The highest BCUT2D eigenvalue weighted by Crippen LogP contribution is 2.24. The summed E-state index contributed by atoms with van der Waals surface area (Å²) in [6.45, 7) is 4.73.